The summed E-state index contributed by atoms with van der Waals surface area (Å²) in [5.41, 5.74) is 2.09. The summed E-state index contributed by atoms with van der Waals surface area (Å²) in [5.74, 6) is 0.842. The first-order valence-corrected chi connectivity index (χ1v) is 6.53. The number of aromatic nitrogens is 3. The first-order valence-electron chi connectivity index (χ1n) is 6.53. The van der Waals surface area contributed by atoms with Gasteiger partial charge in [-0.25, -0.2) is 9.50 Å². The molecule has 5 heteroatoms. The van der Waals surface area contributed by atoms with Crippen LogP contribution in [0.1, 0.15) is 33.4 Å². The van der Waals surface area contributed by atoms with Gasteiger partial charge in [0.25, 0.3) is 0 Å². The Bertz CT molecular complexity index is 556. The number of methoxy groups -OCH3 is 1. The number of hydrogen-bond acceptors (Lipinski definition) is 4. The van der Waals surface area contributed by atoms with Crippen LogP contribution < -0.4 is 5.32 Å². The Morgan fingerprint density at radius 3 is 2.79 bits per heavy atom. The molecule has 0 saturated heterocycles. The summed E-state index contributed by atoms with van der Waals surface area (Å²) in [4.78, 5) is 4.38. The maximum Gasteiger partial charge on any atom is 0.152 e. The van der Waals surface area contributed by atoms with Crippen molar-refractivity contribution in [1.29, 1.82) is 0 Å². The summed E-state index contributed by atoms with van der Waals surface area (Å²) in [7, 11) is 1.71. The lowest BCUT2D eigenvalue weighted by atomic mass is 9.92. The number of nitrogens with zero attached hydrogens (tertiary/aromatic N) is 3. The average Bonchev–Trinajstić information content (AvgIpc) is 2.80. The van der Waals surface area contributed by atoms with E-state index in [1.54, 1.807) is 13.3 Å². The van der Waals surface area contributed by atoms with Gasteiger partial charge >= 0.3 is 0 Å². The zero-order chi connectivity index (χ0) is 14.0. The molecule has 1 N–H and O–H groups in total. The van der Waals surface area contributed by atoms with Crippen LogP contribution in [0.5, 0.6) is 0 Å². The molecular weight excluding hydrogens is 240 g/mol. The van der Waals surface area contributed by atoms with E-state index in [-0.39, 0.29) is 11.5 Å². The van der Waals surface area contributed by atoms with Gasteiger partial charge in [0.15, 0.2) is 5.82 Å². The van der Waals surface area contributed by atoms with Crippen LogP contribution in [0.25, 0.3) is 5.52 Å². The van der Waals surface area contributed by atoms with Crippen molar-refractivity contribution in [3.63, 3.8) is 0 Å². The molecule has 0 aromatic carbocycles. The SMILES string of the molecule is COC(C)CNc1nccn2nc(C(C)(C)C)cc12. The summed E-state index contributed by atoms with van der Waals surface area (Å²) in [6, 6.07) is 2.09. The van der Waals surface area contributed by atoms with E-state index in [2.05, 4.69) is 42.2 Å². The summed E-state index contributed by atoms with van der Waals surface area (Å²) in [6.45, 7) is 9.20. The topological polar surface area (TPSA) is 51.5 Å². The van der Waals surface area contributed by atoms with Crippen LogP contribution in [0.3, 0.4) is 0 Å². The van der Waals surface area contributed by atoms with Crippen LogP contribution in [0.4, 0.5) is 5.82 Å². The van der Waals surface area contributed by atoms with E-state index >= 15 is 0 Å². The summed E-state index contributed by atoms with van der Waals surface area (Å²) in [6.07, 6.45) is 3.77. The van der Waals surface area contributed by atoms with Crippen LogP contribution in [-0.4, -0.2) is 34.4 Å². The minimum absolute atomic E-state index is 0.0309. The van der Waals surface area contributed by atoms with Gasteiger partial charge in [-0.1, -0.05) is 20.8 Å². The van der Waals surface area contributed by atoms with Gasteiger partial charge in [0.2, 0.25) is 0 Å². The second-order valence-electron chi connectivity index (χ2n) is 5.81. The van der Waals surface area contributed by atoms with Crippen LogP contribution in [0.15, 0.2) is 18.5 Å². The number of rotatable bonds is 4. The van der Waals surface area contributed by atoms with Gasteiger partial charge in [0.05, 0.1) is 11.8 Å². The molecule has 19 heavy (non-hydrogen) atoms. The van der Waals surface area contributed by atoms with Gasteiger partial charge in [0.1, 0.15) is 5.52 Å². The van der Waals surface area contributed by atoms with E-state index in [1.807, 2.05) is 17.6 Å². The Labute approximate surface area is 114 Å². The molecule has 0 saturated carbocycles. The van der Waals surface area contributed by atoms with Crippen LogP contribution in [0.2, 0.25) is 0 Å². The minimum atomic E-state index is 0.0309. The summed E-state index contributed by atoms with van der Waals surface area (Å²) >= 11 is 0. The van der Waals surface area contributed by atoms with Gasteiger partial charge in [-0.3, -0.25) is 0 Å². The Kier molecular flexibility index (Phi) is 3.75. The van der Waals surface area contributed by atoms with Gasteiger partial charge < -0.3 is 10.1 Å². The first kappa shape index (κ1) is 13.8. The molecule has 0 amide bonds. The lowest BCUT2D eigenvalue weighted by molar-refractivity contribution is 0.128. The number of nitrogens with one attached hydrogen (secondary N) is 1. The molecule has 1 atom stereocenters. The second-order valence-corrected chi connectivity index (χ2v) is 5.81. The van der Waals surface area contributed by atoms with E-state index in [1.165, 1.54) is 0 Å². The van der Waals surface area contributed by atoms with E-state index in [4.69, 9.17) is 4.74 Å². The fraction of sp³-hybridized carbons (Fsp3) is 0.571. The van der Waals surface area contributed by atoms with Crippen LogP contribution >= 0.6 is 0 Å². The lowest BCUT2D eigenvalue weighted by Crippen LogP contribution is -2.19. The smallest absolute Gasteiger partial charge is 0.152 e. The predicted octanol–water partition coefficient (Wildman–Crippen LogP) is 2.47. The van der Waals surface area contributed by atoms with E-state index < -0.39 is 0 Å². The molecule has 0 aliphatic rings. The molecule has 0 fully saturated rings. The zero-order valence-corrected chi connectivity index (χ0v) is 12.3. The highest BCUT2D eigenvalue weighted by Gasteiger charge is 2.19. The third kappa shape index (κ3) is 3.04. The van der Waals surface area contributed by atoms with Crippen molar-refractivity contribution >= 4 is 11.3 Å². The Morgan fingerprint density at radius 2 is 2.16 bits per heavy atom. The second kappa shape index (κ2) is 5.17. The fourth-order valence-electron chi connectivity index (χ4n) is 1.75. The molecule has 2 rings (SSSR count). The predicted molar refractivity (Wildman–Crippen MR) is 76.6 cm³/mol. The fourth-order valence-corrected chi connectivity index (χ4v) is 1.75. The molecule has 2 aromatic rings. The molecule has 2 aromatic heterocycles. The molecule has 5 nitrogen and oxygen atoms in total. The molecule has 0 aliphatic heterocycles. The zero-order valence-electron chi connectivity index (χ0n) is 12.3. The molecule has 1 unspecified atom stereocenters. The monoisotopic (exact) mass is 262 g/mol. The van der Waals surface area contributed by atoms with E-state index in [9.17, 15) is 0 Å². The van der Waals surface area contributed by atoms with Gasteiger partial charge in [-0.05, 0) is 13.0 Å². The molecule has 0 radical (unpaired) electrons. The maximum atomic E-state index is 5.23. The number of anilines is 1. The maximum absolute atomic E-state index is 5.23. The highest BCUT2D eigenvalue weighted by molar-refractivity contribution is 5.68. The minimum Gasteiger partial charge on any atom is -0.380 e. The van der Waals surface area contributed by atoms with E-state index in [0.717, 1.165) is 23.6 Å². The van der Waals surface area contributed by atoms with Gasteiger partial charge in [-0.15, -0.1) is 0 Å². The Morgan fingerprint density at radius 1 is 1.42 bits per heavy atom. The van der Waals surface area contributed by atoms with Crippen molar-refractivity contribution in [2.24, 2.45) is 0 Å². The standard InChI is InChI=1S/C14H22N4O/c1-10(19-5)9-16-13-11-8-12(14(2,3)4)17-18(11)7-6-15-13/h6-8,10H,9H2,1-5H3,(H,15,16). The third-order valence-corrected chi connectivity index (χ3v) is 3.12. The molecule has 0 bridgehead atoms. The van der Waals surface area contributed by atoms with Crippen molar-refractivity contribution < 1.29 is 4.74 Å². The third-order valence-electron chi connectivity index (χ3n) is 3.12. The lowest BCUT2D eigenvalue weighted by Gasteiger charge is -2.13. The molecule has 0 aliphatic carbocycles. The molecule has 2 heterocycles. The molecular formula is C14H22N4O. The van der Waals surface area contributed by atoms with E-state index in [0.29, 0.717) is 0 Å². The van der Waals surface area contributed by atoms with Gasteiger partial charge in [0, 0.05) is 31.5 Å². The van der Waals surface area contributed by atoms with Crippen LogP contribution in [0, 0.1) is 0 Å². The number of hydrogen-bond donors (Lipinski definition) is 1. The highest BCUT2D eigenvalue weighted by Crippen LogP contribution is 2.24. The van der Waals surface area contributed by atoms with Crippen LogP contribution in [-0.2, 0) is 10.2 Å². The molecule has 0 spiro atoms. The Balaban J connectivity index is 2.32. The van der Waals surface area contributed by atoms with Gasteiger partial charge in [-0.2, -0.15) is 5.10 Å². The van der Waals surface area contributed by atoms with Crippen molar-refractivity contribution in [1.82, 2.24) is 14.6 Å². The summed E-state index contributed by atoms with van der Waals surface area (Å²) in [5, 5.41) is 7.90. The Hall–Kier alpha value is -1.62. The first-order chi connectivity index (χ1) is 8.91. The largest absolute Gasteiger partial charge is 0.380 e. The average molecular weight is 262 g/mol. The normalized spacial score (nSPS) is 13.7. The summed E-state index contributed by atoms with van der Waals surface area (Å²) < 4.78 is 7.10. The number of fused-ring (bicyclic) bond motifs is 1. The van der Waals surface area contributed by atoms with Crippen molar-refractivity contribution in [3.8, 4) is 0 Å². The number of ether oxygens (including phenoxy) is 1. The van der Waals surface area contributed by atoms with Crippen molar-refractivity contribution in [3.05, 3.63) is 24.2 Å². The van der Waals surface area contributed by atoms with Crippen molar-refractivity contribution in [2.45, 2.75) is 39.2 Å². The van der Waals surface area contributed by atoms with Crippen molar-refractivity contribution in [2.75, 3.05) is 19.0 Å². The molecule has 104 valence electrons. The highest BCUT2D eigenvalue weighted by atomic mass is 16.5. The quantitative estimate of drug-likeness (QED) is 0.919.